The molecule has 20 heavy (non-hydrogen) atoms. The molecule has 0 aromatic carbocycles. The van der Waals surface area contributed by atoms with Crippen molar-refractivity contribution in [2.75, 3.05) is 24.7 Å². The van der Waals surface area contributed by atoms with E-state index >= 15 is 0 Å². The predicted octanol–water partition coefficient (Wildman–Crippen LogP) is -1.33. The second-order valence-electron chi connectivity index (χ2n) is 4.80. The molecule has 0 amide bonds. The molecule has 0 spiro atoms. The Hall–Kier alpha value is -1.97. The molecule has 2 aromatic rings. The number of fused-ring (bicyclic) bond motifs is 1. The summed E-state index contributed by atoms with van der Waals surface area (Å²) in [5.41, 5.74) is 12.3. The molecule has 1 saturated heterocycles. The molecule has 9 nitrogen and oxygen atoms in total. The van der Waals surface area contributed by atoms with Crippen molar-refractivity contribution in [3.05, 3.63) is 6.33 Å². The summed E-state index contributed by atoms with van der Waals surface area (Å²) in [5.74, 6) is 0.291. The lowest BCUT2D eigenvalue weighted by atomic mass is 10.0. The maximum absolute atomic E-state index is 9.92. The zero-order valence-corrected chi connectivity index (χ0v) is 10.7. The van der Waals surface area contributed by atoms with Crippen LogP contribution in [0.5, 0.6) is 0 Å². The average molecular weight is 280 g/mol. The van der Waals surface area contributed by atoms with Crippen LogP contribution >= 0.6 is 0 Å². The molecule has 108 valence electrons. The monoisotopic (exact) mass is 280 g/mol. The largest absolute Gasteiger partial charge is 0.394 e. The van der Waals surface area contributed by atoms with Crippen molar-refractivity contribution in [2.45, 2.75) is 24.7 Å². The van der Waals surface area contributed by atoms with Crippen LogP contribution in [0, 0.1) is 0 Å². The number of ether oxygens (including phenoxy) is 1. The number of aromatic nitrogens is 4. The zero-order chi connectivity index (χ0) is 14.3. The molecule has 3 rings (SSSR count). The predicted molar refractivity (Wildman–Crippen MR) is 70.6 cm³/mol. The van der Waals surface area contributed by atoms with Gasteiger partial charge in [0, 0.05) is 0 Å². The number of hydrogen-bond acceptors (Lipinski definition) is 8. The molecule has 3 atom stereocenters. The lowest BCUT2D eigenvalue weighted by molar-refractivity contribution is -0.112. The minimum Gasteiger partial charge on any atom is -0.394 e. The van der Waals surface area contributed by atoms with Crippen molar-refractivity contribution in [1.29, 1.82) is 0 Å². The van der Waals surface area contributed by atoms with Crippen LogP contribution in [-0.2, 0) is 4.74 Å². The van der Waals surface area contributed by atoms with Gasteiger partial charge in [0.05, 0.1) is 31.7 Å². The fraction of sp³-hybridized carbons (Fsp3) is 0.545. The first-order valence-corrected chi connectivity index (χ1v) is 6.26. The molecule has 0 radical (unpaired) electrons. The first-order chi connectivity index (χ1) is 9.60. The lowest BCUT2D eigenvalue weighted by Gasteiger charge is -2.33. The molecule has 0 unspecified atom stereocenters. The number of nitrogens with zero attached hydrogens (tertiary/aromatic N) is 4. The summed E-state index contributed by atoms with van der Waals surface area (Å²) in [6, 6.07) is -0.147. The molecule has 9 heteroatoms. The Bertz CT molecular complexity index is 630. The van der Waals surface area contributed by atoms with Crippen molar-refractivity contribution < 1.29 is 14.9 Å². The van der Waals surface area contributed by atoms with Crippen molar-refractivity contribution in [3.8, 4) is 0 Å². The summed E-state index contributed by atoms with van der Waals surface area (Å²) in [4.78, 5) is 12.2. The highest BCUT2D eigenvalue weighted by Gasteiger charge is 2.31. The maximum atomic E-state index is 9.92. The van der Waals surface area contributed by atoms with Crippen LogP contribution in [0.15, 0.2) is 6.33 Å². The first kappa shape index (κ1) is 13.0. The summed E-state index contributed by atoms with van der Waals surface area (Å²) in [7, 11) is 0. The number of nitrogen functional groups attached to an aromatic ring is 2. The molecular weight excluding hydrogens is 264 g/mol. The van der Waals surface area contributed by atoms with Gasteiger partial charge < -0.3 is 31.0 Å². The molecule has 3 heterocycles. The van der Waals surface area contributed by atoms with E-state index in [4.69, 9.17) is 21.3 Å². The van der Waals surface area contributed by atoms with Crippen molar-refractivity contribution in [1.82, 2.24) is 19.5 Å². The second-order valence-corrected chi connectivity index (χ2v) is 4.80. The SMILES string of the molecule is Nc1nc(N)c2ncn([C@@H]3CO[C@H](CO)[C@@H](O)C3)c2n1. The van der Waals surface area contributed by atoms with Gasteiger partial charge in [-0.1, -0.05) is 0 Å². The Morgan fingerprint density at radius 2 is 2.20 bits per heavy atom. The highest BCUT2D eigenvalue weighted by atomic mass is 16.5. The van der Waals surface area contributed by atoms with E-state index in [1.165, 1.54) is 0 Å². The third kappa shape index (κ3) is 2.05. The normalized spacial score (nSPS) is 27.0. The van der Waals surface area contributed by atoms with Crippen LogP contribution < -0.4 is 11.5 Å². The van der Waals surface area contributed by atoms with E-state index < -0.39 is 12.2 Å². The van der Waals surface area contributed by atoms with Gasteiger partial charge in [-0.2, -0.15) is 9.97 Å². The van der Waals surface area contributed by atoms with Gasteiger partial charge in [-0.15, -0.1) is 0 Å². The van der Waals surface area contributed by atoms with Crippen molar-refractivity contribution in [2.24, 2.45) is 0 Å². The highest BCUT2D eigenvalue weighted by molar-refractivity contribution is 5.82. The molecule has 0 aliphatic carbocycles. The Morgan fingerprint density at radius 1 is 1.40 bits per heavy atom. The van der Waals surface area contributed by atoms with Gasteiger partial charge in [0.25, 0.3) is 0 Å². The van der Waals surface area contributed by atoms with Gasteiger partial charge in [0.2, 0.25) is 5.95 Å². The summed E-state index contributed by atoms with van der Waals surface area (Å²) in [5, 5.41) is 19.0. The number of aliphatic hydroxyl groups is 2. The fourth-order valence-corrected chi connectivity index (χ4v) is 2.44. The standard InChI is InChI=1S/C11H16N6O3/c12-9-8-10(16-11(13)15-9)17(4-14-8)5-1-6(19)7(2-18)20-3-5/h4-7,18-19H,1-3H2,(H4,12,13,15,16)/t5-,6-,7+/m0/s1. The zero-order valence-electron chi connectivity index (χ0n) is 10.7. The third-order valence-corrected chi connectivity index (χ3v) is 3.48. The van der Waals surface area contributed by atoms with Gasteiger partial charge in [-0.3, -0.25) is 0 Å². The van der Waals surface area contributed by atoms with Gasteiger partial charge in [-0.05, 0) is 6.42 Å². The topological polar surface area (TPSA) is 145 Å². The van der Waals surface area contributed by atoms with E-state index in [1.807, 2.05) is 0 Å². The molecule has 6 N–H and O–H groups in total. The van der Waals surface area contributed by atoms with Gasteiger partial charge >= 0.3 is 0 Å². The number of anilines is 2. The van der Waals surface area contributed by atoms with Gasteiger partial charge in [-0.25, -0.2) is 4.98 Å². The molecule has 1 fully saturated rings. The van der Waals surface area contributed by atoms with Gasteiger partial charge in [0.15, 0.2) is 11.5 Å². The van der Waals surface area contributed by atoms with Crippen LogP contribution in [0.1, 0.15) is 12.5 Å². The van der Waals surface area contributed by atoms with E-state index in [2.05, 4.69) is 15.0 Å². The number of aliphatic hydroxyl groups excluding tert-OH is 2. The number of imidazole rings is 1. The van der Waals surface area contributed by atoms with E-state index in [1.54, 1.807) is 10.9 Å². The van der Waals surface area contributed by atoms with E-state index in [0.717, 1.165) is 0 Å². The van der Waals surface area contributed by atoms with E-state index in [-0.39, 0.29) is 24.4 Å². The van der Waals surface area contributed by atoms with Crippen LogP contribution in [0.4, 0.5) is 11.8 Å². The van der Waals surface area contributed by atoms with E-state index in [9.17, 15) is 5.11 Å². The van der Waals surface area contributed by atoms with Crippen LogP contribution in [0.2, 0.25) is 0 Å². The lowest BCUT2D eigenvalue weighted by Crippen LogP contribution is -2.41. The second kappa shape index (κ2) is 4.85. The summed E-state index contributed by atoms with van der Waals surface area (Å²) in [6.07, 6.45) is 0.717. The van der Waals surface area contributed by atoms with Crippen LogP contribution in [0.3, 0.4) is 0 Å². The average Bonchev–Trinajstić information content (AvgIpc) is 2.82. The maximum Gasteiger partial charge on any atom is 0.224 e. The van der Waals surface area contributed by atoms with Crippen LogP contribution in [-0.4, -0.2) is 55.2 Å². The van der Waals surface area contributed by atoms with Crippen molar-refractivity contribution >= 4 is 22.9 Å². The molecule has 1 aliphatic rings. The molecule has 0 saturated carbocycles. The molecule has 1 aliphatic heterocycles. The molecule has 2 aromatic heterocycles. The summed E-state index contributed by atoms with van der Waals surface area (Å²) >= 11 is 0. The third-order valence-electron chi connectivity index (χ3n) is 3.48. The number of hydrogen-bond donors (Lipinski definition) is 4. The smallest absolute Gasteiger partial charge is 0.224 e. The Balaban J connectivity index is 1.95. The number of nitrogens with two attached hydrogens (primary N) is 2. The first-order valence-electron chi connectivity index (χ1n) is 6.26. The minimum atomic E-state index is -0.743. The van der Waals surface area contributed by atoms with E-state index in [0.29, 0.717) is 24.2 Å². The molecular formula is C11H16N6O3. The summed E-state index contributed by atoms with van der Waals surface area (Å²) < 4.78 is 7.20. The fourth-order valence-electron chi connectivity index (χ4n) is 2.44. The Kier molecular flexibility index (Phi) is 3.16. The quantitative estimate of drug-likeness (QED) is 0.529. The highest BCUT2D eigenvalue weighted by Crippen LogP contribution is 2.27. The number of rotatable bonds is 2. The molecule has 0 bridgehead atoms. The van der Waals surface area contributed by atoms with Gasteiger partial charge in [0.1, 0.15) is 11.6 Å². The Morgan fingerprint density at radius 3 is 2.90 bits per heavy atom. The minimum absolute atomic E-state index is 0.0715. The Labute approximate surface area is 114 Å². The summed E-state index contributed by atoms with van der Waals surface area (Å²) in [6.45, 7) is 0.137. The van der Waals surface area contributed by atoms with Crippen LogP contribution in [0.25, 0.3) is 11.2 Å². The van der Waals surface area contributed by atoms with Crippen molar-refractivity contribution in [3.63, 3.8) is 0 Å².